The first-order chi connectivity index (χ1) is 9.20. The molecule has 3 rings (SSSR count). The van der Waals surface area contributed by atoms with Crippen molar-refractivity contribution < 1.29 is 0 Å². The van der Waals surface area contributed by atoms with E-state index in [0.717, 1.165) is 29.1 Å². The second kappa shape index (κ2) is 4.78. The lowest BCUT2D eigenvalue weighted by Crippen LogP contribution is -2.39. The van der Waals surface area contributed by atoms with E-state index in [4.69, 9.17) is 10.7 Å². The number of nitrogens with two attached hydrogens (primary N) is 1. The zero-order valence-corrected chi connectivity index (χ0v) is 11.5. The summed E-state index contributed by atoms with van der Waals surface area (Å²) in [4.78, 5) is 11.8. The second-order valence-electron chi connectivity index (χ2n) is 5.38. The molecular formula is C15H20N4. The van der Waals surface area contributed by atoms with Gasteiger partial charge in [-0.15, -0.1) is 0 Å². The van der Waals surface area contributed by atoms with Gasteiger partial charge in [0.05, 0.1) is 16.7 Å². The molecule has 19 heavy (non-hydrogen) atoms. The molecule has 1 saturated heterocycles. The van der Waals surface area contributed by atoms with E-state index >= 15 is 0 Å². The lowest BCUT2D eigenvalue weighted by atomic mass is 10.0. The highest BCUT2D eigenvalue weighted by atomic mass is 15.3. The number of rotatable bonds is 2. The van der Waals surface area contributed by atoms with Crippen LogP contribution < -0.4 is 10.6 Å². The Morgan fingerprint density at radius 2 is 1.95 bits per heavy atom. The van der Waals surface area contributed by atoms with Gasteiger partial charge in [-0.2, -0.15) is 0 Å². The van der Waals surface area contributed by atoms with E-state index in [9.17, 15) is 0 Å². The van der Waals surface area contributed by atoms with Gasteiger partial charge in [0.15, 0.2) is 5.82 Å². The third kappa shape index (κ3) is 2.06. The van der Waals surface area contributed by atoms with Crippen molar-refractivity contribution in [2.45, 2.75) is 26.3 Å². The number of aromatic nitrogens is 2. The molecule has 2 N–H and O–H groups in total. The van der Waals surface area contributed by atoms with E-state index in [1.807, 2.05) is 31.2 Å². The minimum atomic E-state index is 0.383. The van der Waals surface area contributed by atoms with Gasteiger partial charge in [-0.05, 0) is 31.4 Å². The van der Waals surface area contributed by atoms with Crippen LogP contribution in [-0.4, -0.2) is 29.1 Å². The van der Waals surface area contributed by atoms with E-state index in [0.29, 0.717) is 18.5 Å². The summed E-state index contributed by atoms with van der Waals surface area (Å²) in [6.07, 6.45) is 1.18. The molecule has 1 fully saturated rings. The number of benzene rings is 1. The van der Waals surface area contributed by atoms with Crippen molar-refractivity contribution in [3.8, 4) is 0 Å². The van der Waals surface area contributed by atoms with E-state index in [1.165, 1.54) is 6.42 Å². The lowest BCUT2D eigenvalue weighted by Gasteiger charge is -2.27. The van der Waals surface area contributed by atoms with Gasteiger partial charge in [0.2, 0.25) is 0 Å². The maximum Gasteiger partial charge on any atom is 0.151 e. The number of hydrogen-bond acceptors (Lipinski definition) is 4. The first-order valence-corrected chi connectivity index (χ1v) is 6.91. The Labute approximate surface area is 113 Å². The maximum absolute atomic E-state index is 5.92. The molecule has 2 aromatic rings. The fourth-order valence-corrected chi connectivity index (χ4v) is 2.98. The van der Waals surface area contributed by atoms with E-state index in [-0.39, 0.29) is 0 Å². The average Bonchev–Trinajstić information content (AvgIpc) is 2.78. The van der Waals surface area contributed by atoms with Crippen LogP contribution in [0, 0.1) is 12.8 Å². The topological polar surface area (TPSA) is 55.0 Å². The molecule has 1 aromatic carbocycles. The van der Waals surface area contributed by atoms with E-state index in [1.54, 1.807) is 0 Å². The zero-order valence-electron chi connectivity index (χ0n) is 11.5. The highest BCUT2D eigenvalue weighted by Crippen LogP contribution is 2.30. The Balaban J connectivity index is 2.07. The summed E-state index contributed by atoms with van der Waals surface area (Å²) in [6.45, 7) is 6.00. The lowest BCUT2D eigenvalue weighted by molar-refractivity contribution is 0.517. The first kappa shape index (κ1) is 12.4. The summed E-state index contributed by atoms with van der Waals surface area (Å²) < 4.78 is 0. The number of fused-ring (bicyclic) bond motifs is 1. The monoisotopic (exact) mass is 256 g/mol. The summed E-state index contributed by atoms with van der Waals surface area (Å²) in [5.74, 6) is 1.62. The van der Waals surface area contributed by atoms with Crippen LogP contribution in [0.25, 0.3) is 11.0 Å². The number of nitrogens with zero attached hydrogens (tertiary/aromatic N) is 3. The Morgan fingerprint density at radius 3 is 2.63 bits per heavy atom. The fraction of sp³-hybridized carbons (Fsp3) is 0.467. The van der Waals surface area contributed by atoms with Gasteiger partial charge in [0.1, 0.15) is 0 Å². The molecule has 0 spiro atoms. The molecule has 0 bridgehead atoms. The summed E-state index contributed by atoms with van der Waals surface area (Å²) in [7, 11) is 0. The van der Waals surface area contributed by atoms with Gasteiger partial charge in [0.25, 0.3) is 0 Å². The molecule has 4 nitrogen and oxygen atoms in total. The average molecular weight is 256 g/mol. The first-order valence-electron chi connectivity index (χ1n) is 6.91. The normalized spacial score (nSPS) is 23.2. The summed E-state index contributed by atoms with van der Waals surface area (Å²) in [6, 6.07) is 8.41. The predicted molar refractivity (Wildman–Crippen MR) is 78.2 cm³/mol. The third-order valence-electron chi connectivity index (χ3n) is 4.12. The van der Waals surface area contributed by atoms with Crippen molar-refractivity contribution in [1.29, 1.82) is 0 Å². The Hall–Kier alpha value is -1.68. The smallest absolute Gasteiger partial charge is 0.151 e. The summed E-state index contributed by atoms with van der Waals surface area (Å²) >= 11 is 0. The van der Waals surface area contributed by atoms with E-state index < -0.39 is 0 Å². The Bertz CT molecular complexity index is 596. The van der Waals surface area contributed by atoms with Gasteiger partial charge in [0, 0.05) is 19.1 Å². The molecule has 0 amide bonds. The van der Waals surface area contributed by atoms with Crippen LogP contribution in [-0.2, 0) is 0 Å². The van der Waals surface area contributed by atoms with Gasteiger partial charge in [-0.25, -0.2) is 9.97 Å². The fourth-order valence-electron chi connectivity index (χ4n) is 2.98. The molecule has 2 heterocycles. The molecule has 4 heteroatoms. The molecule has 1 aliphatic rings. The van der Waals surface area contributed by atoms with Crippen molar-refractivity contribution >= 4 is 16.9 Å². The minimum Gasteiger partial charge on any atom is -0.351 e. The maximum atomic E-state index is 5.92. The molecule has 2 atom stereocenters. The van der Waals surface area contributed by atoms with Crippen molar-refractivity contribution in [1.82, 2.24) is 9.97 Å². The molecule has 0 saturated carbocycles. The largest absolute Gasteiger partial charge is 0.351 e. The van der Waals surface area contributed by atoms with E-state index in [2.05, 4.69) is 16.8 Å². The van der Waals surface area contributed by atoms with Crippen molar-refractivity contribution in [2.75, 3.05) is 18.0 Å². The second-order valence-corrected chi connectivity index (χ2v) is 5.38. The van der Waals surface area contributed by atoms with Crippen molar-refractivity contribution in [3.05, 3.63) is 30.0 Å². The van der Waals surface area contributed by atoms with Crippen molar-refractivity contribution in [2.24, 2.45) is 11.7 Å². The summed E-state index contributed by atoms with van der Waals surface area (Å²) in [5, 5.41) is 0. The number of aryl methyl sites for hydroxylation is 1. The Morgan fingerprint density at radius 1 is 1.26 bits per heavy atom. The molecular weight excluding hydrogens is 236 g/mol. The number of para-hydroxylation sites is 2. The van der Waals surface area contributed by atoms with Gasteiger partial charge < -0.3 is 10.6 Å². The van der Waals surface area contributed by atoms with Crippen LogP contribution in [0.15, 0.2) is 24.3 Å². The zero-order chi connectivity index (χ0) is 13.4. The van der Waals surface area contributed by atoms with Crippen LogP contribution in [0.3, 0.4) is 0 Å². The standard InChI is InChI=1S/C15H20N4/c1-10-7-8-19(14(10)9-16)15-11(2)17-12-5-3-4-6-13(12)18-15/h3-6,10,14H,7-9,16H2,1-2H3. The highest BCUT2D eigenvalue weighted by molar-refractivity contribution is 5.76. The third-order valence-corrected chi connectivity index (χ3v) is 4.12. The SMILES string of the molecule is Cc1nc2ccccc2nc1N1CCC(C)C1CN. The molecule has 1 aliphatic heterocycles. The van der Waals surface area contributed by atoms with Crippen LogP contribution in [0.1, 0.15) is 19.0 Å². The summed E-state index contributed by atoms with van der Waals surface area (Å²) in [5.41, 5.74) is 8.83. The van der Waals surface area contributed by atoms with Crippen LogP contribution >= 0.6 is 0 Å². The predicted octanol–water partition coefficient (Wildman–Crippen LogP) is 2.11. The minimum absolute atomic E-state index is 0.383. The van der Waals surface area contributed by atoms with Gasteiger partial charge >= 0.3 is 0 Å². The molecule has 2 unspecified atom stereocenters. The quantitative estimate of drug-likeness (QED) is 0.894. The van der Waals surface area contributed by atoms with Crippen LogP contribution in [0.4, 0.5) is 5.82 Å². The Kier molecular flexibility index (Phi) is 3.11. The van der Waals surface area contributed by atoms with Crippen LogP contribution in [0.2, 0.25) is 0 Å². The van der Waals surface area contributed by atoms with Gasteiger partial charge in [-0.3, -0.25) is 0 Å². The van der Waals surface area contributed by atoms with Gasteiger partial charge in [-0.1, -0.05) is 19.1 Å². The number of anilines is 1. The molecule has 100 valence electrons. The molecule has 1 aromatic heterocycles. The highest BCUT2D eigenvalue weighted by Gasteiger charge is 2.32. The van der Waals surface area contributed by atoms with Crippen LogP contribution in [0.5, 0.6) is 0 Å². The number of hydrogen-bond donors (Lipinski definition) is 1. The molecule has 0 aliphatic carbocycles. The molecule has 0 radical (unpaired) electrons. The van der Waals surface area contributed by atoms with Crippen molar-refractivity contribution in [3.63, 3.8) is 0 Å².